The number of para-hydroxylation sites is 1. The van der Waals surface area contributed by atoms with Gasteiger partial charge in [-0.05, 0) is 55.0 Å². The van der Waals surface area contributed by atoms with Gasteiger partial charge in [-0.2, -0.15) is 5.10 Å². The van der Waals surface area contributed by atoms with Crippen LogP contribution in [0.15, 0.2) is 96.4 Å². The lowest BCUT2D eigenvalue weighted by Crippen LogP contribution is -2.15. The zero-order chi connectivity index (χ0) is 24.4. The lowest BCUT2D eigenvalue weighted by Gasteiger charge is -2.11. The van der Waals surface area contributed by atoms with Crippen molar-refractivity contribution < 1.29 is 13.2 Å². The van der Waals surface area contributed by atoms with E-state index >= 15 is 0 Å². The first-order valence-corrected chi connectivity index (χ1v) is 12.3. The van der Waals surface area contributed by atoms with Crippen molar-refractivity contribution in [2.75, 3.05) is 10.0 Å². The molecular weight excluding hydrogens is 464 g/mol. The molecule has 0 saturated heterocycles. The third-order valence-electron chi connectivity index (χ3n) is 5.45. The van der Waals surface area contributed by atoms with Crippen molar-refractivity contribution in [1.29, 1.82) is 0 Å². The summed E-state index contributed by atoms with van der Waals surface area (Å²) in [5.41, 5.74) is 3.87. The average Bonchev–Trinajstić information content (AvgIpc) is 3.46. The number of hydrogen-bond donors (Lipinski definition) is 2. The van der Waals surface area contributed by atoms with E-state index in [2.05, 4.69) is 20.1 Å². The third-order valence-corrected chi connectivity index (χ3v) is 6.83. The van der Waals surface area contributed by atoms with E-state index in [1.54, 1.807) is 29.2 Å². The SMILES string of the molecule is Cc1ccccc1NS(=O)(=O)c1ccc(C(=O)Nc2cnn(Cc3cn4ccccc4n3)c2)cc1. The van der Waals surface area contributed by atoms with E-state index in [9.17, 15) is 13.2 Å². The van der Waals surface area contributed by atoms with Crippen LogP contribution in [0.5, 0.6) is 0 Å². The second kappa shape index (κ2) is 9.07. The monoisotopic (exact) mass is 486 g/mol. The molecule has 3 heterocycles. The topological polar surface area (TPSA) is 110 Å². The highest BCUT2D eigenvalue weighted by molar-refractivity contribution is 7.92. The van der Waals surface area contributed by atoms with Gasteiger partial charge in [0.25, 0.3) is 15.9 Å². The highest BCUT2D eigenvalue weighted by atomic mass is 32.2. The Morgan fingerprint density at radius 1 is 0.971 bits per heavy atom. The van der Waals surface area contributed by atoms with Gasteiger partial charge in [0.2, 0.25) is 0 Å². The van der Waals surface area contributed by atoms with E-state index in [1.807, 2.05) is 54.0 Å². The molecule has 1 amide bonds. The fourth-order valence-electron chi connectivity index (χ4n) is 3.62. The summed E-state index contributed by atoms with van der Waals surface area (Å²) in [4.78, 5) is 17.3. The van der Waals surface area contributed by atoms with Crippen LogP contribution in [0.3, 0.4) is 0 Å². The van der Waals surface area contributed by atoms with Crippen LogP contribution in [0.1, 0.15) is 21.6 Å². The van der Waals surface area contributed by atoms with Crippen LogP contribution in [-0.4, -0.2) is 33.5 Å². The van der Waals surface area contributed by atoms with Gasteiger partial charge in [0.05, 0.1) is 34.7 Å². The number of amides is 1. The van der Waals surface area contributed by atoms with Gasteiger partial charge in [0.1, 0.15) is 5.65 Å². The molecule has 0 bridgehead atoms. The van der Waals surface area contributed by atoms with Gasteiger partial charge in [-0.3, -0.25) is 14.2 Å². The Kier molecular flexibility index (Phi) is 5.79. The van der Waals surface area contributed by atoms with Crippen molar-refractivity contribution in [1.82, 2.24) is 19.2 Å². The van der Waals surface area contributed by atoms with Crippen LogP contribution in [0.2, 0.25) is 0 Å². The number of aryl methyl sites for hydroxylation is 1. The van der Waals surface area contributed by atoms with E-state index in [-0.39, 0.29) is 10.8 Å². The smallest absolute Gasteiger partial charge is 0.261 e. The van der Waals surface area contributed by atoms with E-state index in [0.29, 0.717) is 23.5 Å². The van der Waals surface area contributed by atoms with Crippen molar-refractivity contribution >= 4 is 33.0 Å². The van der Waals surface area contributed by atoms with Gasteiger partial charge in [0, 0.05) is 24.2 Å². The predicted octanol–water partition coefficient (Wildman–Crippen LogP) is 3.94. The first kappa shape index (κ1) is 22.4. The number of carbonyl (C=O) groups is 1. The largest absolute Gasteiger partial charge is 0.319 e. The van der Waals surface area contributed by atoms with Crippen LogP contribution < -0.4 is 10.0 Å². The summed E-state index contributed by atoms with van der Waals surface area (Å²) < 4.78 is 31.6. The number of aromatic nitrogens is 4. The Bertz CT molecular complexity index is 1590. The van der Waals surface area contributed by atoms with Crippen LogP contribution in [0.25, 0.3) is 5.65 Å². The zero-order valence-corrected chi connectivity index (χ0v) is 19.6. The molecule has 0 saturated carbocycles. The minimum atomic E-state index is -3.78. The summed E-state index contributed by atoms with van der Waals surface area (Å²) in [6, 6.07) is 18.7. The van der Waals surface area contributed by atoms with Crippen molar-refractivity contribution in [3.63, 3.8) is 0 Å². The number of anilines is 2. The Labute approximate surface area is 202 Å². The van der Waals surface area contributed by atoms with Gasteiger partial charge >= 0.3 is 0 Å². The number of sulfonamides is 1. The molecule has 0 aliphatic heterocycles. The Morgan fingerprint density at radius 3 is 2.51 bits per heavy atom. The Morgan fingerprint density at radius 2 is 1.74 bits per heavy atom. The molecule has 0 spiro atoms. The minimum Gasteiger partial charge on any atom is -0.319 e. The molecule has 2 aromatic carbocycles. The van der Waals surface area contributed by atoms with E-state index in [4.69, 9.17) is 0 Å². The molecule has 3 aromatic heterocycles. The summed E-state index contributed by atoms with van der Waals surface area (Å²) in [5.74, 6) is -0.368. The summed E-state index contributed by atoms with van der Waals surface area (Å²) in [7, 11) is -3.78. The first-order chi connectivity index (χ1) is 16.9. The maximum Gasteiger partial charge on any atom is 0.261 e. The van der Waals surface area contributed by atoms with Crippen LogP contribution in [0, 0.1) is 6.92 Å². The molecule has 176 valence electrons. The molecule has 0 atom stereocenters. The van der Waals surface area contributed by atoms with Crippen molar-refractivity contribution in [3.05, 3.63) is 108 Å². The maximum atomic E-state index is 12.7. The molecule has 5 aromatic rings. The molecule has 0 aliphatic rings. The number of fused-ring (bicyclic) bond motifs is 1. The average molecular weight is 487 g/mol. The number of nitrogens with one attached hydrogen (secondary N) is 2. The van der Waals surface area contributed by atoms with Gasteiger partial charge in [-0.15, -0.1) is 0 Å². The van der Waals surface area contributed by atoms with Crippen molar-refractivity contribution in [2.45, 2.75) is 18.4 Å². The number of imidazole rings is 1. The number of benzene rings is 2. The van der Waals surface area contributed by atoms with Crippen molar-refractivity contribution in [3.8, 4) is 0 Å². The van der Waals surface area contributed by atoms with E-state index < -0.39 is 10.0 Å². The van der Waals surface area contributed by atoms with Gasteiger partial charge in [-0.1, -0.05) is 24.3 Å². The highest BCUT2D eigenvalue weighted by Crippen LogP contribution is 2.20. The van der Waals surface area contributed by atoms with Crippen molar-refractivity contribution in [2.24, 2.45) is 0 Å². The number of nitrogens with zero attached hydrogens (tertiary/aromatic N) is 4. The molecule has 0 unspecified atom stereocenters. The van der Waals surface area contributed by atoms with E-state index in [1.165, 1.54) is 24.3 Å². The molecule has 2 N–H and O–H groups in total. The lowest BCUT2D eigenvalue weighted by molar-refractivity contribution is 0.102. The maximum absolute atomic E-state index is 12.7. The molecule has 35 heavy (non-hydrogen) atoms. The van der Waals surface area contributed by atoms with E-state index in [0.717, 1.165) is 16.9 Å². The van der Waals surface area contributed by atoms with Crippen LogP contribution in [0.4, 0.5) is 11.4 Å². The normalized spacial score (nSPS) is 11.5. The van der Waals surface area contributed by atoms with Gasteiger partial charge in [-0.25, -0.2) is 13.4 Å². The minimum absolute atomic E-state index is 0.0672. The number of hydrogen-bond acceptors (Lipinski definition) is 5. The summed E-state index contributed by atoms with van der Waals surface area (Å²) in [6.45, 7) is 2.28. The number of carbonyl (C=O) groups excluding carboxylic acids is 1. The quantitative estimate of drug-likeness (QED) is 0.362. The third kappa shape index (κ3) is 4.92. The molecule has 10 heteroatoms. The fourth-order valence-corrected chi connectivity index (χ4v) is 4.75. The molecule has 0 radical (unpaired) electrons. The van der Waals surface area contributed by atoms with Gasteiger partial charge < -0.3 is 9.72 Å². The first-order valence-electron chi connectivity index (χ1n) is 10.8. The zero-order valence-electron chi connectivity index (χ0n) is 18.8. The lowest BCUT2D eigenvalue weighted by atomic mass is 10.2. The standard InChI is InChI=1S/C25H22N6O3S/c1-18-6-2-3-7-23(18)29-35(33,34)22-11-9-19(10-12-22)25(32)28-20-14-26-31(16-20)17-21-15-30-13-5-4-8-24(30)27-21/h2-16,29H,17H2,1H3,(H,28,32). The summed E-state index contributed by atoms with van der Waals surface area (Å²) in [5, 5.41) is 7.07. The second-order valence-corrected chi connectivity index (χ2v) is 9.71. The van der Waals surface area contributed by atoms with Gasteiger partial charge in [0.15, 0.2) is 0 Å². The molecular formula is C25H22N6O3S. The van der Waals surface area contributed by atoms with Crippen LogP contribution in [-0.2, 0) is 16.6 Å². The molecule has 0 aliphatic carbocycles. The Hall–Kier alpha value is -4.44. The second-order valence-electron chi connectivity index (χ2n) is 8.02. The molecule has 9 nitrogen and oxygen atoms in total. The Balaban J connectivity index is 1.24. The fraction of sp³-hybridized carbons (Fsp3) is 0.0800. The predicted molar refractivity (Wildman–Crippen MR) is 133 cm³/mol. The number of pyridine rings is 1. The summed E-state index contributed by atoms with van der Waals surface area (Å²) in [6.07, 6.45) is 7.13. The summed E-state index contributed by atoms with van der Waals surface area (Å²) >= 11 is 0. The molecule has 5 rings (SSSR count). The highest BCUT2D eigenvalue weighted by Gasteiger charge is 2.16. The van der Waals surface area contributed by atoms with Crippen LogP contribution >= 0.6 is 0 Å². The molecule has 0 fully saturated rings. The number of rotatable bonds is 7.